The van der Waals surface area contributed by atoms with E-state index in [2.05, 4.69) is 5.32 Å². The molecule has 1 fully saturated rings. The number of nitrogens with one attached hydrogen (secondary N) is 1. The first-order chi connectivity index (χ1) is 4.29. The molecule has 0 aromatic rings. The minimum absolute atomic E-state index is 0. The van der Waals surface area contributed by atoms with Crippen LogP contribution in [0.1, 0.15) is 26.2 Å². The molecule has 0 spiro atoms. The molecule has 0 bridgehead atoms. The third kappa shape index (κ3) is 3.40. The molecule has 0 aromatic carbocycles. The molecular weight excluding hydrogens is 150 g/mol. The van der Waals surface area contributed by atoms with Gasteiger partial charge in [0.1, 0.15) is 0 Å². The van der Waals surface area contributed by atoms with Gasteiger partial charge >= 0.3 is 0 Å². The summed E-state index contributed by atoms with van der Waals surface area (Å²) < 4.78 is 0. The van der Waals surface area contributed by atoms with E-state index in [0.717, 1.165) is 13.0 Å². The second kappa shape index (κ2) is 4.94. The fourth-order valence-electron chi connectivity index (χ4n) is 1.37. The summed E-state index contributed by atoms with van der Waals surface area (Å²) in [6.07, 6.45) is 3.29. The molecule has 62 valence electrons. The van der Waals surface area contributed by atoms with Gasteiger partial charge in [-0.05, 0) is 32.7 Å². The van der Waals surface area contributed by atoms with Crippen LogP contribution in [0, 0.1) is 0 Å². The quantitative estimate of drug-likeness (QED) is 0.638. The van der Waals surface area contributed by atoms with E-state index >= 15 is 0 Å². The summed E-state index contributed by atoms with van der Waals surface area (Å²) >= 11 is 0. The molecule has 1 saturated heterocycles. The maximum atomic E-state index is 8.97. The highest BCUT2D eigenvalue weighted by molar-refractivity contribution is 5.85. The molecule has 1 rings (SSSR count). The van der Waals surface area contributed by atoms with Gasteiger partial charge in [0.2, 0.25) is 0 Å². The van der Waals surface area contributed by atoms with Crippen LogP contribution < -0.4 is 5.32 Å². The van der Waals surface area contributed by atoms with Crippen molar-refractivity contribution in [1.82, 2.24) is 5.32 Å². The van der Waals surface area contributed by atoms with Crippen molar-refractivity contribution < 1.29 is 5.11 Å². The zero-order valence-electron chi connectivity index (χ0n) is 6.34. The highest BCUT2D eigenvalue weighted by Crippen LogP contribution is 2.09. The van der Waals surface area contributed by atoms with Gasteiger partial charge in [-0.2, -0.15) is 0 Å². The summed E-state index contributed by atoms with van der Waals surface area (Å²) in [5.41, 5.74) is 0. The molecule has 3 heteroatoms. The maximum absolute atomic E-state index is 8.97. The van der Waals surface area contributed by atoms with Gasteiger partial charge in [-0.25, -0.2) is 0 Å². The third-order valence-electron chi connectivity index (χ3n) is 1.79. The van der Waals surface area contributed by atoms with Gasteiger partial charge in [-0.3, -0.25) is 0 Å². The molecule has 1 aliphatic heterocycles. The average Bonchev–Trinajstić information content (AvgIpc) is 2.15. The van der Waals surface area contributed by atoms with Gasteiger partial charge in [0.25, 0.3) is 0 Å². The fraction of sp³-hybridized carbons (Fsp3) is 1.00. The molecule has 0 radical (unpaired) electrons. The lowest BCUT2D eigenvalue weighted by molar-refractivity contribution is 0.171. The standard InChI is InChI=1S/C7H15NO.ClH/c1-6(9)5-7-3-2-4-8-7;/h6-9H,2-5H2,1H3;1H. The molecule has 1 aliphatic rings. The highest BCUT2D eigenvalue weighted by atomic mass is 35.5. The van der Waals surface area contributed by atoms with Gasteiger partial charge in [0.05, 0.1) is 6.10 Å². The van der Waals surface area contributed by atoms with Gasteiger partial charge in [0.15, 0.2) is 0 Å². The van der Waals surface area contributed by atoms with E-state index < -0.39 is 0 Å². The summed E-state index contributed by atoms with van der Waals surface area (Å²) in [6, 6.07) is 0.588. The molecule has 2 atom stereocenters. The first-order valence-electron chi connectivity index (χ1n) is 3.70. The molecule has 10 heavy (non-hydrogen) atoms. The van der Waals surface area contributed by atoms with Crippen LogP contribution in [0.2, 0.25) is 0 Å². The van der Waals surface area contributed by atoms with Gasteiger partial charge in [-0.1, -0.05) is 0 Å². The molecule has 1 heterocycles. The summed E-state index contributed by atoms with van der Waals surface area (Å²) in [5.74, 6) is 0. The molecule has 0 saturated carbocycles. The van der Waals surface area contributed by atoms with Crippen molar-refractivity contribution in [3.8, 4) is 0 Å². The van der Waals surface area contributed by atoms with Crippen molar-refractivity contribution in [2.75, 3.05) is 6.54 Å². The van der Waals surface area contributed by atoms with E-state index in [-0.39, 0.29) is 18.5 Å². The van der Waals surface area contributed by atoms with E-state index in [0.29, 0.717) is 6.04 Å². The molecule has 0 aromatic heterocycles. The van der Waals surface area contributed by atoms with Crippen LogP contribution in [0.3, 0.4) is 0 Å². The molecule has 0 aliphatic carbocycles. The van der Waals surface area contributed by atoms with Crippen molar-refractivity contribution in [3.05, 3.63) is 0 Å². The van der Waals surface area contributed by atoms with Gasteiger partial charge in [0, 0.05) is 6.04 Å². The predicted molar refractivity (Wildman–Crippen MR) is 44.6 cm³/mol. The minimum Gasteiger partial charge on any atom is -0.393 e. The lowest BCUT2D eigenvalue weighted by Gasteiger charge is -2.10. The monoisotopic (exact) mass is 165 g/mol. The molecule has 2 N–H and O–H groups in total. The van der Waals surface area contributed by atoms with Crippen molar-refractivity contribution in [3.63, 3.8) is 0 Å². The summed E-state index contributed by atoms with van der Waals surface area (Å²) in [5, 5.41) is 12.3. The first kappa shape index (κ1) is 10.2. The topological polar surface area (TPSA) is 32.3 Å². The average molecular weight is 166 g/mol. The Morgan fingerprint density at radius 3 is 2.80 bits per heavy atom. The minimum atomic E-state index is -0.138. The number of halogens is 1. The van der Waals surface area contributed by atoms with Crippen LogP contribution in [0.5, 0.6) is 0 Å². The highest BCUT2D eigenvalue weighted by Gasteiger charge is 2.14. The third-order valence-corrected chi connectivity index (χ3v) is 1.79. The van der Waals surface area contributed by atoms with E-state index in [1.165, 1.54) is 12.8 Å². The Morgan fingerprint density at radius 2 is 2.40 bits per heavy atom. The van der Waals surface area contributed by atoms with Crippen molar-refractivity contribution in [1.29, 1.82) is 0 Å². The van der Waals surface area contributed by atoms with E-state index in [9.17, 15) is 0 Å². The van der Waals surface area contributed by atoms with E-state index in [4.69, 9.17) is 5.11 Å². The Labute approximate surface area is 68.4 Å². The van der Waals surface area contributed by atoms with E-state index in [1.807, 2.05) is 6.92 Å². The smallest absolute Gasteiger partial charge is 0.0526 e. The van der Waals surface area contributed by atoms with Crippen molar-refractivity contribution in [2.24, 2.45) is 0 Å². The van der Waals surface area contributed by atoms with E-state index in [1.54, 1.807) is 0 Å². The Bertz CT molecular complexity index is 81.7. The normalized spacial score (nSPS) is 27.6. The first-order valence-corrected chi connectivity index (χ1v) is 3.70. The maximum Gasteiger partial charge on any atom is 0.0526 e. The molecular formula is C7H16ClNO. The summed E-state index contributed by atoms with van der Waals surface area (Å²) in [4.78, 5) is 0. The van der Waals surface area contributed by atoms with Crippen LogP contribution in [0.25, 0.3) is 0 Å². The summed E-state index contributed by atoms with van der Waals surface area (Å²) in [7, 11) is 0. The second-order valence-corrected chi connectivity index (χ2v) is 2.88. The number of aliphatic hydroxyl groups excluding tert-OH is 1. The van der Waals surface area contributed by atoms with Crippen molar-refractivity contribution >= 4 is 12.4 Å². The van der Waals surface area contributed by atoms with Gasteiger partial charge in [-0.15, -0.1) is 12.4 Å². The second-order valence-electron chi connectivity index (χ2n) is 2.88. The molecule has 2 nitrogen and oxygen atoms in total. The Balaban J connectivity index is 0.000000810. The number of aliphatic hydroxyl groups is 1. The Morgan fingerprint density at radius 1 is 1.70 bits per heavy atom. The molecule has 2 unspecified atom stereocenters. The fourth-order valence-corrected chi connectivity index (χ4v) is 1.37. The lowest BCUT2D eigenvalue weighted by Crippen LogP contribution is -2.25. The predicted octanol–water partition coefficient (Wildman–Crippen LogP) is 0.931. The van der Waals surface area contributed by atoms with Crippen LogP contribution >= 0.6 is 12.4 Å². The lowest BCUT2D eigenvalue weighted by atomic mass is 10.1. The van der Waals surface area contributed by atoms with Crippen molar-refractivity contribution in [2.45, 2.75) is 38.3 Å². The van der Waals surface area contributed by atoms with Crippen LogP contribution in [-0.4, -0.2) is 23.8 Å². The number of hydrogen-bond acceptors (Lipinski definition) is 2. The number of hydrogen-bond donors (Lipinski definition) is 2. The zero-order valence-corrected chi connectivity index (χ0v) is 7.16. The SMILES string of the molecule is CC(O)CC1CCCN1.Cl. The number of rotatable bonds is 2. The Hall–Kier alpha value is 0.210. The zero-order chi connectivity index (χ0) is 6.69. The van der Waals surface area contributed by atoms with Crippen LogP contribution in [-0.2, 0) is 0 Å². The van der Waals surface area contributed by atoms with Crippen LogP contribution in [0.15, 0.2) is 0 Å². The van der Waals surface area contributed by atoms with Gasteiger partial charge < -0.3 is 10.4 Å². The summed E-state index contributed by atoms with van der Waals surface area (Å²) in [6.45, 7) is 2.98. The Kier molecular flexibility index (Phi) is 5.04. The van der Waals surface area contributed by atoms with Crippen LogP contribution in [0.4, 0.5) is 0 Å². The molecule has 0 amide bonds. The largest absolute Gasteiger partial charge is 0.393 e.